The molecular formula is C18H24N2O4. The summed E-state index contributed by atoms with van der Waals surface area (Å²) in [5.41, 5.74) is 0.692. The Labute approximate surface area is 142 Å². The predicted molar refractivity (Wildman–Crippen MR) is 90.4 cm³/mol. The van der Waals surface area contributed by atoms with Crippen LogP contribution in [0.3, 0.4) is 0 Å². The van der Waals surface area contributed by atoms with E-state index in [1.54, 1.807) is 31.3 Å². The van der Waals surface area contributed by atoms with Gasteiger partial charge >= 0.3 is 0 Å². The summed E-state index contributed by atoms with van der Waals surface area (Å²) < 4.78 is 10.6. The minimum absolute atomic E-state index is 0.0335. The van der Waals surface area contributed by atoms with Crippen molar-refractivity contribution in [2.75, 3.05) is 38.8 Å². The van der Waals surface area contributed by atoms with Gasteiger partial charge in [0.25, 0.3) is 0 Å². The van der Waals surface area contributed by atoms with E-state index in [0.717, 1.165) is 25.9 Å². The minimum Gasteiger partial charge on any atom is -0.497 e. The second kappa shape index (κ2) is 7.11. The number of likely N-dealkylation sites (tertiary alicyclic amines) is 1. The number of carbonyl (C=O) groups is 2. The zero-order valence-electron chi connectivity index (χ0n) is 14.3. The smallest absolute Gasteiger partial charge is 0.228 e. The van der Waals surface area contributed by atoms with Crippen LogP contribution in [0.25, 0.3) is 0 Å². The fourth-order valence-corrected chi connectivity index (χ4v) is 3.49. The molecule has 2 aliphatic rings. The van der Waals surface area contributed by atoms with E-state index in [1.165, 1.54) is 6.42 Å². The minimum atomic E-state index is -0.262. The monoisotopic (exact) mass is 332 g/mol. The first-order valence-corrected chi connectivity index (χ1v) is 8.45. The fourth-order valence-electron chi connectivity index (χ4n) is 3.49. The molecule has 2 aliphatic heterocycles. The van der Waals surface area contributed by atoms with Gasteiger partial charge in [0.05, 0.1) is 25.8 Å². The predicted octanol–water partition coefficient (Wildman–Crippen LogP) is 2.07. The Morgan fingerprint density at radius 2 is 1.88 bits per heavy atom. The molecule has 6 nitrogen and oxygen atoms in total. The Hall–Kier alpha value is -2.24. The maximum Gasteiger partial charge on any atom is 0.228 e. The number of benzene rings is 1. The van der Waals surface area contributed by atoms with Crippen LogP contribution in [-0.4, -0.2) is 50.6 Å². The number of rotatable bonds is 4. The quantitative estimate of drug-likeness (QED) is 0.847. The van der Waals surface area contributed by atoms with E-state index in [2.05, 4.69) is 0 Å². The average molecular weight is 332 g/mol. The van der Waals surface area contributed by atoms with Crippen molar-refractivity contribution in [3.63, 3.8) is 0 Å². The molecule has 1 unspecified atom stereocenters. The highest BCUT2D eigenvalue weighted by atomic mass is 16.5. The van der Waals surface area contributed by atoms with Crippen molar-refractivity contribution >= 4 is 17.5 Å². The van der Waals surface area contributed by atoms with Gasteiger partial charge in [-0.15, -0.1) is 0 Å². The van der Waals surface area contributed by atoms with Crippen LogP contribution in [0.15, 0.2) is 18.2 Å². The molecule has 130 valence electrons. The van der Waals surface area contributed by atoms with E-state index >= 15 is 0 Å². The summed E-state index contributed by atoms with van der Waals surface area (Å²) in [4.78, 5) is 28.7. The molecule has 6 heteroatoms. The number of anilines is 1. The van der Waals surface area contributed by atoms with Crippen LogP contribution in [0.4, 0.5) is 5.69 Å². The van der Waals surface area contributed by atoms with Crippen LogP contribution < -0.4 is 14.4 Å². The van der Waals surface area contributed by atoms with Crippen molar-refractivity contribution in [3.8, 4) is 11.5 Å². The Morgan fingerprint density at radius 3 is 2.54 bits per heavy atom. The summed E-state index contributed by atoms with van der Waals surface area (Å²) >= 11 is 0. The average Bonchev–Trinajstić information content (AvgIpc) is 3.02. The maximum absolute atomic E-state index is 12.7. The molecule has 24 heavy (non-hydrogen) atoms. The molecule has 2 saturated heterocycles. The topological polar surface area (TPSA) is 59.1 Å². The van der Waals surface area contributed by atoms with Crippen molar-refractivity contribution in [3.05, 3.63) is 18.2 Å². The molecule has 2 fully saturated rings. The molecule has 1 aromatic carbocycles. The molecule has 2 heterocycles. The number of hydrogen-bond donors (Lipinski definition) is 0. The molecule has 3 rings (SSSR count). The van der Waals surface area contributed by atoms with Crippen LogP contribution in [-0.2, 0) is 9.59 Å². The number of nitrogens with zero attached hydrogens (tertiary/aromatic N) is 2. The normalized spacial score (nSPS) is 21.1. The van der Waals surface area contributed by atoms with Gasteiger partial charge in [0.2, 0.25) is 11.8 Å². The van der Waals surface area contributed by atoms with Crippen LogP contribution in [0.1, 0.15) is 25.7 Å². The second-order valence-electron chi connectivity index (χ2n) is 6.33. The Balaban J connectivity index is 1.76. The number of ether oxygens (including phenoxy) is 2. The van der Waals surface area contributed by atoms with E-state index < -0.39 is 0 Å². The lowest BCUT2D eigenvalue weighted by Gasteiger charge is -2.29. The van der Waals surface area contributed by atoms with Crippen LogP contribution in [0.2, 0.25) is 0 Å². The summed E-state index contributed by atoms with van der Waals surface area (Å²) in [5, 5.41) is 0. The van der Waals surface area contributed by atoms with Gasteiger partial charge in [-0.2, -0.15) is 0 Å². The zero-order chi connectivity index (χ0) is 17.1. The molecular weight excluding hydrogens is 308 g/mol. The summed E-state index contributed by atoms with van der Waals surface area (Å²) in [6.45, 7) is 2.04. The lowest BCUT2D eigenvalue weighted by Crippen LogP contribution is -2.40. The summed E-state index contributed by atoms with van der Waals surface area (Å²) in [6.07, 6.45) is 3.57. The molecule has 0 radical (unpaired) electrons. The van der Waals surface area contributed by atoms with Gasteiger partial charge in [0.15, 0.2) is 0 Å². The van der Waals surface area contributed by atoms with Gasteiger partial charge in [-0.3, -0.25) is 9.59 Å². The van der Waals surface area contributed by atoms with Crippen molar-refractivity contribution in [1.29, 1.82) is 0 Å². The van der Waals surface area contributed by atoms with Gasteiger partial charge in [-0.05, 0) is 31.4 Å². The first kappa shape index (κ1) is 16.6. The molecule has 0 aliphatic carbocycles. The molecule has 0 bridgehead atoms. The Morgan fingerprint density at radius 1 is 1.12 bits per heavy atom. The zero-order valence-corrected chi connectivity index (χ0v) is 14.3. The fraction of sp³-hybridized carbons (Fsp3) is 0.556. The first-order chi connectivity index (χ1) is 11.6. The third-order valence-electron chi connectivity index (χ3n) is 4.82. The molecule has 0 saturated carbocycles. The van der Waals surface area contributed by atoms with Gasteiger partial charge in [0, 0.05) is 32.1 Å². The number of hydrogen-bond acceptors (Lipinski definition) is 4. The molecule has 1 atom stereocenters. The summed E-state index contributed by atoms with van der Waals surface area (Å²) in [7, 11) is 3.15. The van der Waals surface area contributed by atoms with Gasteiger partial charge in [0.1, 0.15) is 11.5 Å². The summed E-state index contributed by atoms with van der Waals surface area (Å²) in [5.74, 6) is 1.06. The lowest BCUT2D eigenvalue weighted by atomic mass is 10.0. The molecule has 2 amide bonds. The highest BCUT2D eigenvalue weighted by Gasteiger charge is 2.38. The molecule has 0 aromatic heterocycles. The van der Waals surface area contributed by atoms with E-state index in [4.69, 9.17) is 9.47 Å². The van der Waals surface area contributed by atoms with Crippen LogP contribution >= 0.6 is 0 Å². The van der Waals surface area contributed by atoms with E-state index in [9.17, 15) is 9.59 Å². The largest absolute Gasteiger partial charge is 0.497 e. The molecule has 0 spiro atoms. The Kier molecular flexibility index (Phi) is 4.92. The Bertz CT molecular complexity index is 625. The van der Waals surface area contributed by atoms with E-state index in [0.29, 0.717) is 23.7 Å². The highest BCUT2D eigenvalue weighted by molar-refractivity contribution is 6.01. The van der Waals surface area contributed by atoms with E-state index in [1.807, 2.05) is 11.0 Å². The van der Waals surface area contributed by atoms with Crippen LogP contribution in [0, 0.1) is 5.92 Å². The highest BCUT2D eigenvalue weighted by Crippen LogP contribution is 2.36. The van der Waals surface area contributed by atoms with Crippen LogP contribution in [0.5, 0.6) is 11.5 Å². The van der Waals surface area contributed by atoms with Gasteiger partial charge in [-0.25, -0.2) is 0 Å². The third-order valence-corrected chi connectivity index (χ3v) is 4.82. The van der Waals surface area contributed by atoms with Crippen molar-refractivity contribution in [2.24, 2.45) is 5.92 Å². The third kappa shape index (κ3) is 3.18. The number of carbonyl (C=O) groups excluding carboxylic acids is 2. The molecule has 0 N–H and O–H groups in total. The standard InChI is InChI=1S/C18H24N2O4/c1-23-14-6-7-15(16(11-14)24-2)20-12-13(10-17(20)21)18(22)19-8-4-3-5-9-19/h6-7,11,13H,3-5,8-10,12H2,1-2H3. The lowest BCUT2D eigenvalue weighted by molar-refractivity contribution is -0.136. The second-order valence-corrected chi connectivity index (χ2v) is 6.33. The number of piperidine rings is 1. The number of amides is 2. The van der Waals surface area contributed by atoms with Crippen molar-refractivity contribution < 1.29 is 19.1 Å². The van der Waals surface area contributed by atoms with Crippen molar-refractivity contribution in [1.82, 2.24) is 4.90 Å². The van der Waals surface area contributed by atoms with Crippen molar-refractivity contribution in [2.45, 2.75) is 25.7 Å². The van der Waals surface area contributed by atoms with E-state index in [-0.39, 0.29) is 24.2 Å². The summed E-state index contributed by atoms with van der Waals surface area (Å²) in [6, 6.07) is 5.36. The SMILES string of the molecule is COc1ccc(N2CC(C(=O)N3CCCCC3)CC2=O)c(OC)c1. The number of methoxy groups -OCH3 is 2. The van der Waals surface area contributed by atoms with Gasteiger partial charge in [-0.1, -0.05) is 0 Å². The van der Waals surface area contributed by atoms with Gasteiger partial charge < -0.3 is 19.3 Å². The maximum atomic E-state index is 12.7. The first-order valence-electron chi connectivity index (χ1n) is 8.45. The molecule has 1 aromatic rings.